The maximum Gasteiger partial charge on any atom is 0.145 e. The summed E-state index contributed by atoms with van der Waals surface area (Å²) in [6.07, 6.45) is 4.25. The molecule has 0 saturated heterocycles. The SMILES string of the molecule is Cc1n[nH]c2ccc(-c3cncc(NCC(N)Cc4cc5ccccc5[nH]4)n3)cc12. The van der Waals surface area contributed by atoms with Crippen LogP contribution in [0.5, 0.6) is 0 Å². The van der Waals surface area contributed by atoms with E-state index in [-0.39, 0.29) is 6.04 Å². The van der Waals surface area contributed by atoms with Crippen molar-refractivity contribution in [2.45, 2.75) is 19.4 Å². The smallest absolute Gasteiger partial charge is 0.145 e. The third-order valence-electron chi connectivity index (χ3n) is 5.30. The second-order valence-electron chi connectivity index (χ2n) is 7.59. The number of anilines is 1. The van der Waals surface area contributed by atoms with Crippen LogP contribution in [0.3, 0.4) is 0 Å². The van der Waals surface area contributed by atoms with E-state index in [0.29, 0.717) is 12.4 Å². The zero-order valence-electron chi connectivity index (χ0n) is 16.7. The molecule has 7 nitrogen and oxygen atoms in total. The molecule has 5 N–H and O–H groups in total. The Labute approximate surface area is 173 Å². The molecule has 7 heteroatoms. The highest BCUT2D eigenvalue weighted by Gasteiger charge is 2.09. The van der Waals surface area contributed by atoms with Crippen molar-refractivity contribution in [1.82, 2.24) is 25.1 Å². The van der Waals surface area contributed by atoms with Crippen LogP contribution in [-0.2, 0) is 6.42 Å². The lowest BCUT2D eigenvalue weighted by Gasteiger charge is -2.13. The molecule has 0 amide bonds. The first-order valence-corrected chi connectivity index (χ1v) is 9.99. The molecule has 5 rings (SSSR count). The van der Waals surface area contributed by atoms with E-state index in [1.807, 2.05) is 31.2 Å². The Morgan fingerprint density at radius 3 is 2.87 bits per heavy atom. The van der Waals surface area contributed by atoms with Crippen molar-refractivity contribution in [2.24, 2.45) is 5.73 Å². The number of rotatable bonds is 6. The number of benzene rings is 2. The molecular formula is C23H23N7. The third-order valence-corrected chi connectivity index (χ3v) is 5.30. The van der Waals surface area contributed by atoms with Gasteiger partial charge in [-0.15, -0.1) is 0 Å². The average Bonchev–Trinajstić information content (AvgIpc) is 3.35. The lowest BCUT2D eigenvalue weighted by atomic mass is 10.1. The predicted molar refractivity (Wildman–Crippen MR) is 120 cm³/mol. The van der Waals surface area contributed by atoms with Gasteiger partial charge in [-0.1, -0.05) is 24.3 Å². The van der Waals surface area contributed by atoms with E-state index in [2.05, 4.69) is 49.7 Å². The number of para-hydroxylation sites is 1. The fourth-order valence-corrected chi connectivity index (χ4v) is 3.73. The van der Waals surface area contributed by atoms with E-state index in [9.17, 15) is 0 Å². The summed E-state index contributed by atoms with van der Waals surface area (Å²) in [5.41, 5.74) is 12.4. The van der Waals surface area contributed by atoms with E-state index in [0.717, 1.165) is 45.5 Å². The second-order valence-corrected chi connectivity index (χ2v) is 7.59. The lowest BCUT2D eigenvalue weighted by Crippen LogP contribution is -2.31. The van der Waals surface area contributed by atoms with Crippen molar-refractivity contribution in [3.63, 3.8) is 0 Å². The van der Waals surface area contributed by atoms with Crippen LogP contribution < -0.4 is 11.1 Å². The molecular weight excluding hydrogens is 374 g/mol. The van der Waals surface area contributed by atoms with Gasteiger partial charge in [0.2, 0.25) is 0 Å². The molecule has 2 aromatic carbocycles. The highest BCUT2D eigenvalue weighted by atomic mass is 15.1. The molecule has 5 aromatic rings. The van der Waals surface area contributed by atoms with Crippen LogP contribution in [0.15, 0.2) is 60.9 Å². The van der Waals surface area contributed by atoms with Gasteiger partial charge in [0.05, 0.1) is 29.3 Å². The van der Waals surface area contributed by atoms with Crippen LogP contribution in [0.4, 0.5) is 5.82 Å². The van der Waals surface area contributed by atoms with Crippen LogP contribution in [-0.4, -0.2) is 37.7 Å². The molecule has 0 saturated carbocycles. The van der Waals surface area contributed by atoms with Gasteiger partial charge in [0, 0.05) is 41.2 Å². The Morgan fingerprint density at radius 2 is 1.97 bits per heavy atom. The summed E-state index contributed by atoms with van der Waals surface area (Å²) in [5.74, 6) is 0.712. The molecule has 150 valence electrons. The number of fused-ring (bicyclic) bond motifs is 2. The minimum absolute atomic E-state index is 0.0477. The van der Waals surface area contributed by atoms with Gasteiger partial charge in [0.1, 0.15) is 5.82 Å². The largest absolute Gasteiger partial charge is 0.367 e. The summed E-state index contributed by atoms with van der Waals surface area (Å²) in [7, 11) is 0. The molecule has 0 bridgehead atoms. The van der Waals surface area contributed by atoms with E-state index in [4.69, 9.17) is 10.7 Å². The van der Waals surface area contributed by atoms with Gasteiger partial charge >= 0.3 is 0 Å². The Bertz CT molecular complexity index is 1280. The maximum absolute atomic E-state index is 6.35. The fourth-order valence-electron chi connectivity index (χ4n) is 3.73. The molecule has 30 heavy (non-hydrogen) atoms. The monoisotopic (exact) mass is 397 g/mol. The van der Waals surface area contributed by atoms with Crippen LogP contribution >= 0.6 is 0 Å². The van der Waals surface area contributed by atoms with E-state index >= 15 is 0 Å². The van der Waals surface area contributed by atoms with Gasteiger partial charge in [0.25, 0.3) is 0 Å². The number of nitrogens with one attached hydrogen (secondary N) is 3. The fraction of sp³-hybridized carbons (Fsp3) is 0.174. The Hall–Kier alpha value is -3.71. The molecule has 0 fully saturated rings. The van der Waals surface area contributed by atoms with Gasteiger partial charge in [-0.25, -0.2) is 4.98 Å². The molecule has 0 aliphatic rings. The van der Waals surface area contributed by atoms with Gasteiger partial charge in [-0.2, -0.15) is 5.10 Å². The summed E-state index contributed by atoms with van der Waals surface area (Å²) >= 11 is 0. The number of aromatic amines is 2. The highest BCUT2D eigenvalue weighted by molar-refractivity contribution is 5.86. The van der Waals surface area contributed by atoms with Crippen LogP contribution in [0.25, 0.3) is 33.1 Å². The summed E-state index contributed by atoms with van der Waals surface area (Å²) in [4.78, 5) is 12.5. The molecule has 3 aromatic heterocycles. The zero-order chi connectivity index (χ0) is 20.5. The molecule has 3 heterocycles. The normalized spacial score (nSPS) is 12.5. The summed E-state index contributed by atoms with van der Waals surface area (Å²) in [6, 6.07) is 16.5. The average molecular weight is 397 g/mol. The number of hydrogen-bond acceptors (Lipinski definition) is 5. The number of H-pyrrole nitrogens is 2. The molecule has 0 aliphatic carbocycles. The Morgan fingerprint density at radius 1 is 1.07 bits per heavy atom. The van der Waals surface area contributed by atoms with Crippen LogP contribution in [0.1, 0.15) is 11.4 Å². The minimum Gasteiger partial charge on any atom is -0.367 e. The van der Waals surface area contributed by atoms with Crippen molar-refractivity contribution in [2.75, 3.05) is 11.9 Å². The predicted octanol–water partition coefficient (Wildman–Crippen LogP) is 3.79. The maximum atomic E-state index is 6.35. The van der Waals surface area contributed by atoms with E-state index in [1.165, 1.54) is 5.39 Å². The van der Waals surface area contributed by atoms with Gasteiger partial charge in [-0.3, -0.25) is 10.1 Å². The molecule has 0 radical (unpaired) electrons. The lowest BCUT2D eigenvalue weighted by molar-refractivity contribution is 0.689. The van der Waals surface area contributed by atoms with Crippen molar-refractivity contribution in [1.29, 1.82) is 0 Å². The number of nitrogens with two attached hydrogens (primary N) is 1. The zero-order valence-corrected chi connectivity index (χ0v) is 16.7. The number of hydrogen-bond donors (Lipinski definition) is 4. The van der Waals surface area contributed by atoms with Crippen molar-refractivity contribution in [3.8, 4) is 11.3 Å². The summed E-state index contributed by atoms with van der Waals surface area (Å²) in [5, 5.41) is 12.9. The second kappa shape index (κ2) is 7.61. The van der Waals surface area contributed by atoms with Crippen LogP contribution in [0.2, 0.25) is 0 Å². The third kappa shape index (κ3) is 3.62. The molecule has 1 atom stereocenters. The molecule has 0 spiro atoms. The molecule has 0 aliphatic heterocycles. The first-order valence-electron chi connectivity index (χ1n) is 9.99. The number of aromatic nitrogens is 5. The van der Waals surface area contributed by atoms with Crippen LogP contribution in [0, 0.1) is 6.92 Å². The Kier molecular flexibility index (Phi) is 4.65. The highest BCUT2D eigenvalue weighted by Crippen LogP contribution is 2.24. The summed E-state index contributed by atoms with van der Waals surface area (Å²) < 4.78 is 0. The quantitative estimate of drug-likeness (QED) is 0.349. The number of aryl methyl sites for hydroxylation is 1. The first kappa shape index (κ1) is 18.3. The number of nitrogens with zero attached hydrogens (tertiary/aromatic N) is 3. The minimum atomic E-state index is -0.0477. The molecule has 1 unspecified atom stereocenters. The van der Waals surface area contributed by atoms with Gasteiger partial charge in [0.15, 0.2) is 0 Å². The van der Waals surface area contributed by atoms with E-state index < -0.39 is 0 Å². The summed E-state index contributed by atoms with van der Waals surface area (Å²) in [6.45, 7) is 2.59. The van der Waals surface area contributed by atoms with Crippen molar-refractivity contribution >= 4 is 27.6 Å². The topological polar surface area (TPSA) is 108 Å². The first-order chi connectivity index (χ1) is 14.7. The van der Waals surface area contributed by atoms with E-state index in [1.54, 1.807) is 12.4 Å². The Balaban J connectivity index is 1.27. The van der Waals surface area contributed by atoms with Gasteiger partial charge in [-0.05, 0) is 36.6 Å². The van der Waals surface area contributed by atoms with Crippen molar-refractivity contribution in [3.05, 3.63) is 72.3 Å². The standard InChI is InChI=1S/C23H23N7/c1-14-19-9-16(6-7-21(19)30-29-14)22-12-25-13-23(28-22)26-11-17(24)10-18-8-15-4-2-3-5-20(15)27-18/h2-9,12-13,17,27H,10-11,24H2,1H3,(H,26,28)(H,29,30). The van der Waals surface area contributed by atoms with Crippen molar-refractivity contribution < 1.29 is 0 Å². The van der Waals surface area contributed by atoms with Gasteiger partial charge < -0.3 is 16.0 Å².